The van der Waals surface area contributed by atoms with Crippen LogP contribution in [-0.4, -0.2) is 50.1 Å². The van der Waals surface area contributed by atoms with Crippen LogP contribution in [0.1, 0.15) is 52.7 Å². The minimum atomic E-state index is -0.549. The van der Waals surface area contributed by atoms with Crippen molar-refractivity contribution in [3.63, 3.8) is 0 Å². The Bertz CT molecular complexity index is 1580. The quantitative estimate of drug-likeness (QED) is 0.308. The van der Waals surface area contributed by atoms with Crippen LogP contribution >= 0.6 is 23.2 Å². The van der Waals surface area contributed by atoms with Gasteiger partial charge < -0.3 is 20.6 Å². The maximum atomic E-state index is 14.2. The monoisotopic (exact) mass is 570 g/mol. The largest absolute Gasteiger partial charge is 0.506 e. The fourth-order valence-electron chi connectivity index (χ4n) is 4.73. The molecule has 0 bridgehead atoms. The molecule has 3 heterocycles. The zero-order valence-electron chi connectivity index (χ0n) is 21.0. The predicted molar refractivity (Wildman–Crippen MR) is 146 cm³/mol. The fourth-order valence-corrected chi connectivity index (χ4v) is 5.23. The standard InChI is InChI=1S/C27H25Cl2FN6O3/c1-14(2)32-27(39)22-12-31-23-6-7-24(34-36(22)23)35-13-18(11-21(35)15-4-3-5-17(30)8-15)33-26(38)19-9-16(28)10-20(29)25(19)37/h3-10,12,14,18,21,37H,11,13H2,1-2H3,(H,32,39)(H,33,38)/t18-,21+/m0/s1. The molecule has 2 aromatic heterocycles. The van der Waals surface area contributed by atoms with E-state index in [0.29, 0.717) is 30.0 Å². The summed E-state index contributed by atoms with van der Waals surface area (Å²) in [5, 5.41) is 20.9. The number of amides is 2. The fraction of sp³-hybridized carbons (Fsp3) is 0.259. The number of fused-ring (bicyclic) bond motifs is 1. The number of anilines is 1. The summed E-state index contributed by atoms with van der Waals surface area (Å²) in [5.74, 6) is -1.10. The first kappa shape index (κ1) is 26.7. The summed E-state index contributed by atoms with van der Waals surface area (Å²) in [6, 6.07) is 11.6. The number of nitrogens with zero attached hydrogens (tertiary/aromatic N) is 4. The van der Waals surface area contributed by atoms with Crippen LogP contribution in [0.3, 0.4) is 0 Å². The molecule has 9 nitrogen and oxygen atoms in total. The van der Waals surface area contributed by atoms with Gasteiger partial charge in [0.1, 0.15) is 17.4 Å². The number of benzene rings is 2. The first-order valence-electron chi connectivity index (χ1n) is 12.3. The number of aromatic nitrogens is 3. The predicted octanol–water partition coefficient (Wildman–Crippen LogP) is 4.77. The Morgan fingerprint density at radius 3 is 2.67 bits per heavy atom. The summed E-state index contributed by atoms with van der Waals surface area (Å²) in [6.07, 6.45) is 1.89. The van der Waals surface area contributed by atoms with Crippen molar-refractivity contribution in [2.45, 2.75) is 38.4 Å². The smallest absolute Gasteiger partial charge is 0.271 e. The van der Waals surface area contributed by atoms with E-state index in [1.165, 1.54) is 35.0 Å². The lowest BCUT2D eigenvalue weighted by Gasteiger charge is -2.26. The molecular formula is C27H25Cl2FN6O3. The maximum absolute atomic E-state index is 14.2. The van der Waals surface area contributed by atoms with Gasteiger partial charge in [-0.1, -0.05) is 35.3 Å². The van der Waals surface area contributed by atoms with E-state index in [-0.39, 0.29) is 50.9 Å². The van der Waals surface area contributed by atoms with E-state index in [2.05, 4.69) is 15.6 Å². The van der Waals surface area contributed by atoms with Crippen LogP contribution in [0.2, 0.25) is 10.0 Å². The molecule has 5 rings (SSSR count). The number of carbonyl (C=O) groups is 2. The van der Waals surface area contributed by atoms with Gasteiger partial charge in [0, 0.05) is 23.7 Å². The van der Waals surface area contributed by atoms with E-state index in [4.69, 9.17) is 28.3 Å². The van der Waals surface area contributed by atoms with E-state index in [1.54, 1.807) is 18.2 Å². The number of imidazole rings is 1. The van der Waals surface area contributed by atoms with Gasteiger partial charge in [-0.25, -0.2) is 13.9 Å². The number of carbonyl (C=O) groups excluding carboxylic acids is 2. The van der Waals surface area contributed by atoms with Crippen LogP contribution in [0.15, 0.2) is 54.7 Å². The van der Waals surface area contributed by atoms with Crippen LogP contribution in [0, 0.1) is 5.82 Å². The van der Waals surface area contributed by atoms with Gasteiger partial charge in [-0.2, -0.15) is 0 Å². The molecule has 39 heavy (non-hydrogen) atoms. The highest BCUT2D eigenvalue weighted by Gasteiger charge is 2.36. The zero-order chi connectivity index (χ0) is 27.8. The summed E-state index contributed by atoms with van der Waals surface area (Å²) in [6.45, 7) is 4.04. The second kappa shape index (κ2) is 10.7. The Balaban J connectivity index is 1.48. The van der Waals surface area contributed by atoms with Gasteiger partial charge in [0.15, 0.2) is 11.3 Å². The van der Waals surface area contributed by atoms with E-state index in [1.807, 2.05) is 24.8 Å². The van der Waals surface area contributed by atoms with Gasteiger partial charge in [-0.3, -0.25) is 9.59 Å². The van der Waals surface area contributed by atoms with E-state index < -0.39 is 11.9 Å². The summed E-state index contributed by atoms with van der Waals surface area (Å²) in [5.41, 5.74) is 1.42. The molecular weight excluding hydrogens is 546 g/mol. The normalized spacial score (nSPS) is 17.1. The minimum absolute atomic E-state index is 0.0338. The van der Waals surface area contributed by atoms with Crippen molar-refractivity contribution in [3.8, 4) is 5.75 Å². The number of phenols is 1. The van der Waals surface area contributed by atoms with Crippen molar-refractivity contribution in [2.24, 2.45) is 0 Å². The summed E-state index contributed by atoms with van der Waals surface area (Å²) >= 11 is 12.0. The Kier molecular flexibility index (Phi) is 7.33. The first-order valence-corrected chi connectivity index (χ1v) is 13.0. The van der Waals surface area contributed by atoms with E-state index >= 15 is 0 Å². The molecule has 2 atom stereocenters. The Hall–Kier alpha value is -3.89. The van der Waals surface area contributed by atoms with Crippen LogP contribution < -0.4 is 15.5 Å². The van der Waals surface area contributed by atoms with Crippen LogP contribution in [0.5, 0.6) is 5.75 Å². The van der Waals surface area contributed by atoms with Crippen molar-refractivity contribution < 1.29 is 19.1 Å². The highest BCUT2D eigenvalue weighted by molar-refractivity contribution is 6.36. The number of hydrogen-bond donors (Lipinski definition) is 3. The third-order valence-corrected chi connectivity index (χ3v) is 6.94. The van der Waals surface area contributed by atoms with Gasteiger partial charge in [0.25, 0.3) is 11.8 Å². The van der Waals surface area contributed by atoms with Crippen molar-refractivity contribution in [1.82, 2.24) is 25.2 Å². The average molecular weight is 571 g/mol. The number of nitrogens with one attached hydrogen (secondary N) is 2. The molecule has 2 amide bonds. The number of aromatic hydroxyl groups is 1. The molecule has 1 saturated heterocycles. The molecule has 0 aliphatic carbocycles. The number of halogens is 3. The molecule has 3 N–H and O–H groups in total. The number of rotatable bonds is 6. The van der Waals surface area contributed by atoms with Crippen LogP contribution in [0.25, 0.3) is 5.65 Å². The van der Waals surface area contributed by atoms with E-state index in [9.17, 15) is 19.1 Å². The van der Waals surface area contributed by atoms with Crippen molar-refractivity contribution in [1.29, 1.82) is 0 Å². The maximum Gasteiger partial charge on any atom is 0.271 e. The molecule has 0 saturated carbocycles. The average Bonchev–Trinajstić information content (AvgIpc) is 3.49. The number of phenolic OH excluding ortho intramolecular Hbond substituents is 1. The first-order chi connectivity index (χ1) is 18.6. The highest BCUT2D eigenvalue weighted by Crippen LogP contribution is 2.37. The highest BCUT2D eigenvalue weighted by atomic mass is 35.5. The van der Waals surface area contributed by atoms with Gasteiger partial charge >= 0.3 is 0 Å². The lowest BCUT2D eigenvalue weighted by atomic mass is 10.0. The molecule has 0 spiro atoms. The molecule has 0 unspecified atom stereocenters. The summed E-state index contributed by atoms with van der Waals surface area (Å²) in [7, 11) is 0. The lowest BCUT2D eigenvalue weighted by molar-refractivity contribution is 0.0927. The molecule has 1 aliphatic rings. The molecule has 1 aliphatic heterocycles. The Morgan fingerprint density at radius 1 is 1.13 bits per heavy atom. The van der Waals surface area contributed by atoms with Crippen molar-refractivity contribution >= 4 is 46.5 Å². The van der Waals surface area contributed by atoms with Crippen molar-refractivity contribution in [2.75, 3.05) is 11.4 Å². The molecule has 0 radical (unpaired) electrons. The van der Waals surface area contributed by atoms with Gasteiger partial charge in [-0.05, 0) is 62.2 Å². The molecule has 202 valence electrons. The molecule has 12 heteroatoms. The summed E-state index contributed by atoms with van der Waals surface area (Å²) < 4.78 is 15.7. The molecule has 1 fully saturated rings. The Labute approximate surface area is 233 Å². The van der Waals surface area contributed by atoms with Gasteiger partial charge in [0.2, 0.25) is 0 Å². The minimum Gasteiger partial charge on any atom is -0.506 e. The third kappa shape index (κ3) is 5.48. The summed E-state index contributed by atoms with van der Waals surface area (Å²) in [4.78, 5) is 32.0. The third-order valence-electron chi connectivity index (χ3n) is 6.44. The topological polar surface area (TPSA) is 112 Å². The van der Waals surface area contributed by atoms with Gasteiger partial charge in [-0.15, -0.1) is 5.10 Å². The van der Waals surface area contributed by atoms with Crippen LogP contribution in [0.4, 0.5) is 10.2 Å². The van der Waals surface area contributed by atoms with Crippen LogP contribution in [-0.2, 0) is 0 Å². The van der Waals surface area contributed by atoms with Crippen molar-refractivity contribution in [3.05, 3.63) is 87.4 Å². The second-order valence-corrected chi connectivity index (χ2v) is 10.5. The SMILES string of the molecule is CC(C)NC(=O)c1cnc2ccc(N3C[C@@H](NC(=O)c4cc(Cl)cc(Cl)c4O)C[C@@H]3c3cccc(F)c3)nn12. The molecule has 4 aromatic rings. The number of hydrogen-bond acceptors (Lipinski definition) is 6. The van der Waals surface area contributed by atoms with E-state index in [0.717, 1.165) is 0 Å². The second-order valence-electron chi connectivity index (χ2n) is 9.65. The molecule has 2 aromatic carbocycles. The lowest BCUT2D eigenvalue weighted by Crippen LogP contribution is -2.37. The Morgan fingerprint density at radius 2 is 1.92 bits per heavy atom. The van der Waals surface area contributed by atoms with Gasteiger partial charge in [0.05, 0.1) is 22.8 Å². The zero-order valence-corrected chi connectivity index (χ0v) is 22.5.